The van der Waals surface area contributed by atoms with Crippen LogP contribution in [0.1, 0.15) is 31.3 Å². The fourth-order valence-corrected chi connectivity index (χ4v) is 1.91. The highest BCUT2D eigenvalue weighted by Gasteiger charge is 2.24. The van der Waals surface area contributed by atoms with Crippen LogP contribution >= 0.6 is 15.9 Å². The largest absolute Gasteiger partial charge is 0.356 e. The second kappa shape index (κ2) is 5.69. The molecule has 1 amide bonds. The van der Waals surface area contributed by atoms with Gasteiger partial charge in [-0.3, -0.25) is 4.79 Å². The molecule has 5 heteroatoms. The first-order valence-corrected chi connectivity index (χ1v) is 6.52. The number of amides is 1. The van der Waals surface area contributed by atoms with E-state index in [4.69, 9.17) is 5.73 Å². The van der Waals surface area contributed by atoms with Gasteiger partial charge in [-0.15, -0.1) is 0 Å². The third-order valence-corrected chi connectivity index (χ3v) is 3.18. The number of aromatic amines is 1. The van der Waals surface area contributed by atoms with Gasteiger partial charge in [-0.05, 0) is 40.9 Å². The number of hydrogen-bond donors (Lipinski definition) is 2. The van der Waals surface area contributed by atoms with Crippen LogP contribution in [0.15, 0.2) is 16.7 Å². The van der Waals surface area contributed by atoms with Crippen LogP contribution in [0.25, 0.3) is 0 Å². The van der Waals surface area contributed by atoms with E-state index in [0.29, 0.717) is 25.3 Å². The lowest BCUT2D eigenvalue weighted by molar-refractivity contribution is 0.0695. The quantitative estimate of drug-likeness (QED) is 0.876. The molecular weight excluding hydrogens is 282 g/mol. The summed E-state index contributed by atoms with van der Waals surface area (Å²) in [6, 6.07) is 1.79. The Hall–Kier alpha value is -0.810. The third kappa shape index (κ3) is 3.85. The molecule has 1 rings (SSSR count). The number of aromatic nitrogens is 1. The standard InChI is InChI=1S/C12H20BrN3O/c1-4-16(8-12(2,3)7-14)11(17)10-5-9(13)6-15-10/h5-6,15H,4,7-8,14H2,1-3H3. The molecule has 0 aliphatic rings. The molecule has 1 aromatic heterocycles. The van der Waals surface area contributed by atoms with Gasteiger partial charge in [0.05, 0.1) is 0 Å². The van der Waals surface area contributed by atoms with Crippen molar-refractivity contribution in [1.29, 1.82) is 0 Å². The third-order valence-electron chi connectivity index (χ3n) is 2.72. The van der Waals surface area contributed by atoms with Crippen molar-refractivity contribution in [3.8, 4) is 0 Å². The molecule has 0 radical (unpaired) electrons. The molecule has 0 fully saturated rings. The van der Waals surface area contributed by atoms with E-state index in [0.717, 1.165) is 4.47 Å². The zero-order valence-electron chi connectivity index (χ0n) is 10.6. The molecule has 17 heavy (non-hydrogen) atoms. The second-order valence-electron chi connectivity index (χ2n) is 4.92. The van der Waals surface area contributed by atoms with E-state index in [-0.39, 0.29) is 11.3 Å². The Morgan fingerprint density at radius 1 is 1.59 bits per heavy atom. The number of nitrogens with zero attached hydrogens (tertiary/aromatic N) is 1. The highest BCUT2D eigenvalue weighted by molar-refractivity contribution is 9.10. The Bertz CT molecular complexity index is 387. The van der Waals surface area contributed by atoms with Gasteiger partial charge in [0.1, 0.15) is 5.69 Å². The van der Waals surface area contributed by atoms with Crippen molar-refractivity contribution in [2.75, 3.05) is 19.6 Å². The molecule has 1 heterocycles. The van der Waals surface area contributed by atoms with E-state index >= 15 is 0 Å². The molecule has 0 unspecified atom stereocenters. The number of halogens is 1. The molecule has 0 saturated carbocycles. The van der Waals surface area contributed by atoms with Gasteiger partial charge in [0, 0.05) is 23.8 Å². The van der Waals surface area contributed by atoms with Crippen LogP contribution in [-0.2, 0) is 0 Å². The van der Waals surface area contributed by atoms with Crippen molar-refractivity contribution in [3.05, 3.63) is 22.4 Å². The monoisotopic (exact) mass is 301 g/mol. The molecule has 0 atom stereocenters. The van der Waals surface area contributed by atoms with Crippen LogP contribution in [0, 0.1) is 5.41 Å². The van der Waals surface area contributed by atoms with Crippen LogP contribution < -0.4 is 5.73 Å². The average molecular weight is 302 g/mol. The zero-order valence-corrected chi connectivity index (χ0v) is 12.2. The molecule has 0 saturated heterocycles. The Kier molecular flexibility index (Phi) is 4.77. The van der Waals surface area contributed by atoms with E-state index in [9.17, 15) is 4.79 Å². The lowest BCUT2D eigenvalue weighted by Gasteiger charge is -2.30. The number of rotatable bonds is 5. The van der Waals surface area contributed by atoms with Crippen molar-refractivity contribution in [2.45, 2.75) is 20.8 Å². The molecule has 0 aliphatic heterocycles. The van der Waals surface area contributed by atoms with Gasteiger partial charge in [0.25, 0.3) is 5.91 Å². The maximum Gasteiger partial charge on any atom is 0.270 e. The van der Waals surface area contributed by atoms with E-state index in [1.165, 1.54) is 0 Å². The Morgan fingerprint density at radius 2 is 2.24 bits per heavy atom. The van der Waals surface area contributed by atoms with Crippen molar-refractivity contribution in [3.63, 3.8) is 0 Å². The Balaban J connectivity index is 2.78. The summed E-state index contributed by atoms with van der Waals surface area (Å²) in [6.45, 7) is 8.00. The molecule has 0 aliphatic carbocycles. The number of hydrogen-bond acceptors (Lipinski definition) is 2. The SMILES string of the molecule is CCN(CC(C)(C)CN)C(=O)c1cc(Br)c[nH]1. The van der Waals surface area contributed by atoms with Crippen LogP contribution in [0.3, 0.4) is 0 Å². The van der Waals surface area contributed by atoms with Gasteiger partial charge in [-0.25, -0.2) is 0 Å². The summed E-state index contributed by atoms with van der Waals surface area (Å²) >= 11 is 3.32. The molecule has 0 bridgehead atoms. The van der Waals surface area contributed by atoms with Gasteiger partial charge >= 0.3 is 0 Å². The number of nitrogens with two attached hydrogens (primary N) is 1. The van der Waals surface area contributed by atoms with Gasteiger partial charge in [-0.2, -0.15) is 0 Å². The maximum absolute atomic E-state index is 12.2. The first kappa shape index (κ1) is 14.3. The Morgan fingerprint density at radius 3 is 2.65 bits per heavy atom. The first-order chi connectivity index (χ1) is 7.89. The van der Waals surface area contributed by atoms with Gasteiger partial charge < -0.3 is 15.6 Å². The second-order valence-corrected chi connectivity index (χ2v) is 5.83. The van der Waals surface area contributed by atoms with Gasteiger partial charge in [0.2, 0.25) is 0 Å². The highest BCUT2D eigenvalue weighted by atomic mass is 79.9. The number of carbonyl (C=O) groups excluding carboxylic acids is 1. The molecule has 96 valence electrons. The molecular formula is C12H20BrN3O. The maximum atomic E-state index is 12.2. The molecule has 0 aromatic carbocycles. The fourth-order valence-electron chi connectivity index (χ4n) is 1.57. The summed E-state index contributed by atoms with van der Waals surface area (Å²) in [5.41, 5.74) is 6.24. The minimum atomic E-state index is -0.0600. The molecule has 1 aromatic rings. The molecule has 3 N–H and O–H groups in total. The topological polar surface area (TPSA) is 62.1 Å². The summed E-state index contributed by atoms with van der Waals surface area (Å²) < 4.78 is 0.884. The van der Waals surface area contributed by atoms with Gasteiger partial charge in [0.15, 0.2) is 0 Å². The number of nitrogens with one attached hydrogen (secondary N) is 1. The minimum absolute atomic E-state index is 0.0136. The van der Waals surface area contributed by atoms with Crippen LogP contribution in [0.4, 0.5) is 0 Å². The predicted octanol–water partition coefficient (Wildman–Crippen LogP) is 2.22. The lowest BCUT2D eigenvalue weighted by atomic mass is 9.93. The highest BCUT2D eigenvalue weighted by Crippen LogP contribution is 2.18. The predicted molar refractivity (Wildman–Crippen MR) is 72.9 cm³/mol. The summed E-state index contributed by atoms with van der Waals surface area (Å²) in [6.07, 6.45) is 1.76. The summed E-state index contributed by atoms with van der Waals surface area (Å²) in [7, 11) is 0. The van der Waals surface area contributed by atoms with E-state index in [1.54, 1.807) is 12.3 Å². The van der Waals surface area contributed by atoms with E-state index < -0.39 is 0 Å². The van der Waals surface area contributed by atoms with E-state index in [1.807, 2.05) is 11.8 Å². The summed E-state index contributed by atoms with van der Waals surface area (Å²) in [4.78, 5) is 17.0. The lowest BCUT2D eigenvalue weighted by Crippen LogP contribution is -2.42. The van der Waals surface area contributed by atoms with Crippen LogP contribution in [-0.4, -0.2) is 35.4 Å². The van der Waals surface area contributed by atoms with Crippen molar-refractivity contribution >= 4 is 21.8 Å². The Labute approximate surface area is 111 Å². The van der Waals surface area contributed by atoms with Crippen LogP contribution in [0.2, 0.25) is 0 Å². The zero-order chi connectivity index (χ0) is 13.1. The smallest absolute Gasteiger partial charge is 0.270 e. The van der Waals surface area contributed by atoms with E-state index in [2.05, 4.69) is 34.8 Å². The van der Waals surface area contributed by atoms with Crippen LogP contribution in [0.5, 0.6) is 0 Å². The fraction of sp³-hybridized carbons (Fsp3) is 0.583. The van der Waals surface area contributed by atoms with Crippen molar-refractivity contribution in [2.24, 2.45) is 11.1 Å². The summed E-state index contributed by atoms with van der Waals surface area (Å²) in [5.74, 6) is 0.0136. The molecule has 0 spiro atoms. The van der Waals surface area contributed by atoms with Crippen molar-refractivity contribution in [1.82, 2.24) is 9.88 Å². The normalized spacial score (nSPS) is 11.6. The number of H-pyrrole nitrogens is 1. The average Bonchev–Trinajstić information content (AvgIpc) is 2.72. The molecule has 4 nitrogen and oxygen atoms in total. The summed E-state index contributed by atoms with van der Waals surface area (Å²) in [5, 5.41) is 0. The van der Waals surface area contributed by atoms with Crippen molar-refractivity contribution < 1.29 is 4.79 Å². The number of carbonyl (C=O) groups is 1. The minimum Gasteiger partial charge on any atom is -0.356 e. The first-order valence-electron chi connectivity index (χ1n) is 5.73. The van der Waals surface area contributed by atoms with Gasteiger partial charge in [-0.1, -0.05) is 13.8 Å².